The van der Waals surface area contributed by atoms with Gasteiger partial charge in [0.2, 0.25) is 0 Å². The van der Waals surface area contributed by atoms with Crippen LogP contribution in [0.2, 0.25) is 0 Å². The van der Waals surface area contributed by atoms with Crippen molar-refractivity contribution in [1.29, 1.82) is 5.26 Å². The second-order valence-electron chi connectivity index (χ2n) is 8.86. The molecule has 2 aliphatic carbocycles. The third-order valence-electron chi connectivity index (χ3n) is 6.42. The van der Waals surface area contributed by atoms with Crippen LogP contribution in [0.25, 0.3) is 11.3 Å². The summed E-state index contributed by atoms with van der Waals surface area (Å²) in [5, 5.41) is 9.55. The van der Waals surface area contributed by atoms with Gasteiger partial charge in [0.1, 0.15) is 12.5 Å². The first kappa shape index (κ1) is 29.3. The zero-order valence-corrected chi connectivity index (χ0v) is 23.2. The highest BCUT2D eigenvalue weighted by Crippen LogP contribution is 2.26. The Labute approximate surface area is 230 Å². The van der Waals surface area contributed by atoms with Crippen molar-refractivity contribution in [2.45, 2.75) is 59.5 Å². The lowest BCUT2D eigenvalue weighted by Gasteiger charge is -2.16. The van der Waals surface area contributed by atoms with E-state index in [1.807, 2.05) is 75.4 Å². The number of benzene rings is 1. The summed E-state index contributed by atoms with van der Waals surface area (Å²) in [7, 11) is 1.60. The van der Waals surface area contributed by atoms with Crippen LogP contribution in [0.4, 0.5) is 4.39 Å². The van der Waals surface area contributed by atoms with E-state index >= 15 is 0 Å². The zero-order valence-electron chi connectivity index (χ0n) is 23.2. The Morgan fingerprint density at radius 3 is 2.56 bits per heavy atom. The Kier molecular flexibility index (Phi) is 11.0. The molecular formula is C33H36FN3O2. The van der Waals surface area contributed by atoms with Crippen LogP contribution in [0.3, 0.4) is 0 Å². The molecule has 0 saturated carbocycles. The minimum Gasteiger partial charge on any atom is -0.501 e. The number of alkyl halides is 1. The first-order valence-corrected chi connectivity index (χ1v) is 13.5. The van der Waals surface area contributed by atoms with Crippen molar-refractivity contribution in [3.8, 4) is 6.07 Å². The number of nitrogens with zero attached hydrogens (tertiary/aromatic N) is 3. The standard InChI is InChI=1S/C31H30FN3O2.C2H6/c1-3-8-29-28(19-22-13-15-23(16-14-22)27-12-6-4-5-9-24(27)21-33)31(36)35(30(20-32)34-29)25-10-7-11-26(37-2)18-17-25;1-2/h4-5,7,9-10,12-18H,3,6,8,11,19-20H2,1-2H3;1-2H3. The molecule has 202 valence electrons. The van der Waals surface area contributed by atoms with Gasteiger partial charge in [-0.05, 0) is 53.8 Å². The average molecular weight is 526 g/mol. The molecule has 0 spiro atoms. The molecule has 0 N–H and O–H groups in total. The van der Waals surface area contributed by atoms with Crippen molar-refractivity contribution in [1.82, 2.24) is 9.55 Å². The van der Waals surface area contributed by atoms with Gasteiger partial charge in [0.15, 0.2) is 0 Å². The summed E-state index contributed by atoms with van der Waals surface area (Å²) in [5.41, 5.74) is 4.92. The second-order valence-corrected chi connectivity index (χ2v) is 8.86. The molecule has 39 heavy (non-hydrogen) atoms. The van der Waals surface area contributed by atoms with Gasteiger partial charge < -0.3 is 4.74 Å². The van der Waals surface area contributed by atoms with Crippen LogP contribution in [0.15, 0.2) is 89.0 Å². The molecule has 0 amide bonds. The minimum absolute atomic E-state index is 0.0995. The maximum Gasteiger partial charge on any atom is 0.261 e. The third-order valence-corrected chi connectivity index (χ3v) is 6.42. The molecule has 6 heteroatoms. The fourth-order valence-electron chi connectivity index (χ4n) is 4.53. The van der Waals surface area contributed by atoms with Gasteiger partial charge in [-0.3, -0.25) is 9.36 Å². The van der Waals surface area contributed by atoms with Crippen molar-refractivity contribution in [3.63, 3.8) is 0 Å². The molecule has 1 heterocycles. The number of aryl methyl sites for hydroxylation is 1. The third kappa shape index (κ3) is 7.00. The van der Waals surface area contributed by atoms with E-state index in [4.69, 9.17) is 4.74 Å². The average Bonchev–Trinajstić information content (AvgIpc) is 3.37. The van der Waals surface area contributed by atoms with Crippen molar-refractivity contribution in [2.75, 3.05) is 7.11 Å². The van der Waals surface area contributed by atoms with Crippen molar-refractivity contribution in [3.05, 3.63) is 123 Å². The van der Waals surface area contributed by atoms with Gasteiger partial charge in [-0.1, -0.05) is 75.8 Å². The summed E-state index contributed by atoms with van der Waals surface area (Å²) < 4.78 is 20.8. The fraction of sp³-hybridized carbons (Fsp3) is 0.303. The van der Waals surface area contributed by atoms with Crippen molar-refractivity contribution >= 4 is 11.3 Å². The monoisotopic (exact) mass is 525 g/mol. The fourth-order valence-corrected chi connectivity index (χ4v) is 4.53. The SMILES string of the molecule is CC.CCCc1nc(CF)n(C2=CC=C(OC)CC=C2)c(=O)c1Cc1ccc(C2=CCC=CC=C2C#N)cc1. The molecule has 0 aliphatic heterocycles. The van der Waals surface area contributed by atoms with E-state index in [1.54, 1.807) is 25.3 Å². The molecule has 0 unspecified atom stereocenters. The van der Waals surface area contributed by atoms with Crippen LogP contribution in [-0.2, 0) is 24.3 Å². The van der Waals surface area contributed by atoms with Gasteiger partial charge in [-0.2, -0.15) is 5.26 Å². The van der Waals surface area contributed by atoms with Gasteiger partial charge in [0.25, 0.3) is 5.56 Å². The summed E-state index contributed by atoms with van der Waals surface area (Å²) in [6.07, 6.45) is 18.1. The quantitative estimate of drug-likeness (QED) is 0.360. The van der Waals surface area contributed by atoms with E-state index in [9.17, 15) is 14.4 Å². The van der Waals surface area contributed by atoms with Gasteiger partial charge in [-0.25, -0.2) is 9.37 Å². The van der Waals surface area contributed by atoms with Gasteiger partial charge in [-0.15, -0.1) is 0 Å². The largest absolute Gasteiger partial charge is 0.501 e. The topological polar surface area (TPSA) is 67.9 Å². The number of nitriles is 1. The molecular weight excluding hydrogens is 489 g/mol. The van der Waals surface area contributed by atoms with Gasteiger partial charge in [0.05, 0.1) is 35.9 Å². The lowest BCUT2D eigenvalue weighted by atomic mass is 9.95. The molecule has 0 saturated heterocycles. The van der Waals surface area contributed by atoms with E-state index in [1.165, 1.54) is 4.57 Å². The first-order chi connectivity index (χ1) is 19.1. The number of rotatable bonds is 8. The lowest BCUT2D eigenvalue weighted by Crippen LogP contribution is -2.29. The van der Waals surface area contributed by atoms with Crippen LogP contribution >= 0.6 is 0 Å². The molecule has 2 aromatic rings. The Bertz CT molecular complexity index is 1450. The highest BCUT2D eigenvalue weighted by atomic mass is 19.1. The normalized spacial score (nSPS) is 14.5. The number of aromatic nitrogens is 2. The molecule has 0 bridgehead atoms. The van der Waals surface area contributed by atoms with Crippen LogP contribution in [0, 0.1) is 11.3 Å². The molecule has 0 atom stereocenters. The Morgan fingerprint density at radius 1 is 1.13 bits per heavy atom. The lowest BCUT2D eigenvalue weighted by molar-refractivity contribution is 0.285. The zero-order chi connectivity index (χ0) is 28.2. The molecule has 5 nitrogen and oxygen atoms in total. The summed E-state index contributed by atoms with van der Waals surface area (Å²) >= 11 is 0. The molecule has 0 radical (unpaired) electrons. The molecule has 1 aromatic heterocycles. The van der Waals surface area contributed by atoms with E-state index in [0.717, 1.165) is 35.3 Å². The smallest absolute Gasteiger partial charge is 0.261 e. The molecule has 0 fully saturated rings. The first-order valence-electron chi connectivity index (χ1n) is 13.5. The van der Waals surface area contributed by atoms with E-state index < -0.39 is 6.67 Å². The number of ether oxygens (including phenoxy) is 1. The Balaban J connectivity index is 0.00000205. The number of hydrogen-bond donors (Lipinski definition) is 0. The highest BCUT2D eigenvalue weighted by molar-refractivity contribution is 5.83. The summed E-state index contributed by atoms with van der Waals surface area (Å²) in [6.45, 7) is 5.18. The summed E-state index contributed by atoms with van der Waals surface area (Å²) in [6, 6.07) is 10.2. The highest BCUT2D eigenvalue weighted by Gasteiger charge is 2.19. The number of allylic oxidation sites excluding steroid dienone is 11. The van der Waals surface area contributed by atoms with E-state index in [2.05, 4.69) is 11.1 Å². The molecule has 1 aromatic carbocycles. The predicted octanol–water partition coefficient (Wildman–Crippen LogP) is 7.41. The Morgan fingerprint density at radius 2 is 1.90 bits per heavy atom. The Hall–Kier alpha value is -4.24. The van der Waals surface area contributed by atoms with Crippen LogP contribution in [0.1, 0.15) is 68.2 Å². The summed E-state index contributed by atoms with van der Waals surface area (Å²) in [5.74, 6) is 0.855. The number of methoxy groups -OCH3 is 1. The molecule has 2 aliphatic rings. The maximum atomic E-state index is 14.1. The van der Waals surface area contributed by atoms with Crippen molar-refractivity contribution in [2.24, 2.45) is 0 Å². The van der Waals surface area contributed by atoms with Gasteiger partial charge in [0, 0.05) is 18.4 Å². The van der Waals surface area contributed by atoms with Crippen molar-refractivity contribution < 1.29 is 9.13 Å². The molecule has 4 rings (SSSR count). The van der Waals surface area contributed by atoms with E-state index in [0.29, 0.717) is 41.8 Å². The number of hydrogen-bond acceptors (Lipinski definition) is 4. The second kappa shape index (κ2) is 14.6. The van der Waals surface area contributed by atoms with Crippen LogP contribution in [-0.4, -0.2) is 16.7 Å². The maximum absolute atomic E-state index is 14.1. The predicted molar refractivity (Wildman–Crippen MR) is 156 cm³/mol. The van der Waals surface area contributed by atoms with Crippen LogP contribution < -0.4 is 5.56 Å². The van der Waals surface area contributed by atoms with Crippen LogP contribution in [0.5, 0.6) is 0 Å². The number of halogens is 1. The van der Waals surface area contributed by atoms with E-state index in [-0.39, 0.29) is 11.4 Å². The van der Waals surface area contributed by atoms with Gasteiger partial charge >= 0.3 is 0 Å². The minimum atomic E-state index is -0.842. The summed E-state index contributed by atoms with van der Waals surface area (Å²) in [4.78, 5) is 18.4.